The minimum absolute atomic E-state index is 0.129. The fraction of sp³-hybridized carbons (Fsp3) is 0.533. The number of halogens is 1. The molecule has 0 heterocycles. The van der Waals surface area contributed by atoms with E-state index in [0.29, 0.717) is 0 Å². The lowest BCUT2D eigenvalue weighted by molar-refractivity contribution is -0.122. The van der Waals surface area contributed by atoms with Crippen molar-refractivity contribution in [1.29, 1.82) is 0 Å². The van der Waals surface area contributed by atoms with Gasteiger partial charge in [-0.15, -0.1) is 0 Å². The van der Waals surface area contributed by atoms with Crippen LogP contribution in [0.3, 0.4) is 0 Å². The fourth-order valence-corrected chi connectivity index (χ4v) is 2.76. The lowest BCUT2D eigenvalue weighted by Gasteiger charge is -2.37. The standard InChI is InChI=1S/C15H22ClNO2/c1-6-12-9-7-8-10(2)13(12)15(4,14(16)19-5)17-11(3)18/h7-9,14H,6H2,1-5H3,(H,17,18)/t14?,15-/m0/s1. The molecule has 1 N–H and O–H groups in total. The van der Waals surface area contributed by atoms with Crippen LogP contribution >= 0.6 is 11.6 Å². The van der Waals surface area contributed by atoms with E-state index in [2.05, 4.69) is 18.3 Å². The monoisotopic (exact) mass is 283 g/mol. The number of ether oxygens (including phenoxy) is 1. The van der Waals surface area contributed by atoms with Crippen molar-refractivity contribution in [3.05, 3.63) is 34.9 Å². The van der Waals surface area contributed by atoms with Crippen molar-refractivity contribution in [1.82, 2.24) is 5.32 Å². The number of amides is 1. The Kier molecular flexibility index (Phi) is 5.39. The molecule has 3 nitrogen and oxygen atoms in total. The summed E-state index contributed by atoms with van der Waals surface area (Å²) in [4.78, 5) is 11.5. The van der Waals surface area contributed by atoms with Gasteiger partial charge in [0.1, 0.15) is 5.54 Å². The molecule has 0 saturated carbocycles. The van der Waals surface area contributed by atoms with Crippen molar-refractivity contribution in [3.63, 3.8) is 0 Å². The Morgan fingerprint density at radius 2 is 2.16 bits per heavy atom. The number of carbonyl (C=O) groups excluding carboxylic acids is 1. The third kappa shape index (κ3) is 3.28. The van der Waals surface area contributed by atoms with Gasteiger partial charge >= 0.3 is 0 Å². The first-order chi connectivity index (χ1) is 8.86. The van der Waals surface area contributed by atoms with Crippen LogP contribution < -0.4 is 5.32 Å². The summed E-state index contributed by atoms with van der Waals surface area (Å²) in [6.07, 6.45) is 0.875. The van der Waals surface area contributed by atoms with Gasteiger partial charge in [-0.3, -0.25) is 4.79 Å². The highest BCUT2D eigenvalue weighted by Gasteiger charge is 2.38. The SMILES string of the molecule is CCc1cccc(C)c1[C@](C)(NC(C)=O)C(Cl)OC. The first-order valence-electron chi connectivity index (χ1n) is 6.41. The van der Waals surface area contributed by atoms with Crippen LogP contribution in [0.5, 0.6) is 0 Å². The normalized spacial score (nSPS) is 15.7. The molecule has 0 aliphatic carbocycles. The molecule has 1 aromatic carbocycles. The summed E-state index contributed by atoms with van der Waals surface area (Å²) in [7, 11) is 1.54. The zero-order chi connectivity index (χ0) is 14.6. The van der Waals surface area contributed by atoms with Crippen LogP contribution in [0, 0.1) is 6.92 Å². The predicted octanol–water partition coefficient (Wildman–Crippen LogP) is 3.12. The molecule has 0 bridgehead atoms. The molecule has 19 heavy (non-hydrogen) atoms. The molecule has 0 fully saturated rings. The van der Waals surface area contributed by atoms with Gasteiger partial charge in [-0.2, -0.15) is 0 Å². The van der Waals surface area contributed by atoms with Crippen LogP contribution in [-0.2, 0) is 21.5 Å². The first-order valence-corrected chi connectivity index (χ1v) is 6.85. The van der Waals surface area contributed by atoms with E-state index >= 15 is 0 Å². The minimum atomic E-state index is -0.751. The smallest absolute Gasteiger partial charge is 0.217 e. The van der Waals surface area contributed by atoms with Gasteiger partial charge in [0.15, 0.2) is 5.56 Å². The van der Waals surface area contributed by atoms with E-state index < -0.39 is 11.1 Å². The summed E-state index contributed by atoms with van der Waals surface area (Å²) in [5.41, 5.74) is 1.91. The van der Waals surface area contributed by atoms with Crippen LogP contribution in [0.25, 0.3) is 0 Å². The Bertz CT molecular complexity index is 461. The van der Waals surface area contributed by atoms with Gasteiger partial charge in [-0.25, -0.2) is 0 Å². The predicted molar refractivity (Wildman–Crippen MR) is 78.4 cm³/mol. The molecule has 106 valence electrons. The molecule has 0 spiro atoms. The number of carbonyl (C=O) groups is 1. The molecule has 4 heteroatoms. The lowest BCUT2D eigenvalue weighted by atomic mass is 9.84. The van der Waals surface area contributed by atoms with Crippen molar-refractivity contribution in [2.45, 2.75) is 45.2 Å². The molecule has 1 amide bonds. The van der Waals surface area contributed by atoms with Crippen molar-refractivity contribution >= 4 is 17.5 Å². The Morgan fingerprint density at radius 3 is 2.63 bits per heavy atom. The maximum absolute atomic E-state index is 11.5. The average molecular weight is 284 g/mol. The van der Waals surface area contributed by atoms with E-state index in [-0.39, 0.29) is 5.91 Å². The number of methoxy groups -OCH3 is 1. The second-order valence-corrected chi connectivity index (χ2v) is 5.29. The third-order valence-corrected chi connectivity index (χ3v) is 3.97. The van der Waals surface area contributed by atoms with E-state index in [1.165, 1.54) is 12.5 Å². The van der Waals surface area contributed by atoms with E-state index in [4.69, 9.17) is 16.3 Å². The van der Waals surface area contributed by atoms with Crippen LogP contribution in [0.1, 0.15) is 37.5 Å². The van der Waals surface area contributed by atoms with Gasteiger partial charge in [0.25, 0.3) is 0 Å². The topological polar surface area (TPSA) is 38.3 Å². The summed E-state index contributed by atoms with van der Waals surface area (Å²) in [5, 5.41) is 2.94. The molecule has 0 aliphatic heterocycles. The van der Waals surface area contributed by atoms with E-state index in [1.54, 1.807) is 7.11 Å². The second-order valence-electron chi connectivity index (χ2n) is 4.90. The average Bonchev–Trinajstić information content (AvgIpc) is 2.36. The summed E-state index contributed by atoms with van der Waals surface area (Å²) >= 11 is 6.32. The molecule has 0 aromatic heterocycles. The van der Waals surface area contributed by atoms with E-state index in [1.807, 2.05) is 26.0 Å². The molecule has 0 aliphatic rings. The van der Waals surface area contributed by atoms with Crippen molar-refractivity contribution < 1.29 is 9.53 Å². The first kappa shape index (κ1) is 16.0. The molecule has 2 atom stereocenters. The maximum Gasteiger partial charge on any atom is 0.217 e. The van der Waals surface area contributed by atoms with Gasteiger partial charge < -0.3 is 10.1 Å². The van der Waals surface area contributed by atoms with Gasteiger partial charge in [-0.05, 0) is 37.0 Å². The number of nitrogens with one attached hydrogen (secondary N) is 1. The quantitative estimate of drug-likeness (QED) is 0.843. The molecule has 1 rings (SSSR count). The van der Waals surface area contributed by atoms with Gasteiger partial charge in [-0.1, -0.05) is 36.7 Å². The van der Waals surface area contributed by atoms with Crippen molar-refractivity contribution in [3.8, 4) is 0 Å². The van der Waals surface area contributed by atoms with E-state index in [9.17, 15) is 4.79 Å². The Balaban J connectivity index is 3.44. The zero-order valence-electron chi connectivity index (χ0n) is 12.2. The summed E-state index contributed by atoms with van der Waals surface area (Å²) in [5.74, 6) is -0.129. The Morgan fingerprint density at radius 1 is 1.53 bits per heavy atom. The highest BCUT2D eigenvalue weighted by molar-refractivity contribution is 6.20. The van der Waals surface area contributed by atoms with Gasteiger partial charge in [0.2, 0.25) is 5.91 Å². The highest BCUT2D eigenvalue weighted by Crippen LogP contribution is 2.34. The molecule has 1 aromatic rings. The summed E-state index contributed by atoms with van der Waals surface area (Å²) in [6, 6.07) is 6.09. The fourth-order valence-electron chi connectivity index (χ4n) is 2.60. The van der Waals surface area contributed by atoms with Crippen molar-refractivity contribution in [2.24, 2.45) is 0 Å². The van der Waals surface area contributed by atoms with E-state index in [0.717, 1.165) is 17.5 Å². The zero-order valence-corrected chi connectivity index (χ0v) is 13.0. The molecular formula is C15H22ClNO2. The second kappa shape index (κ2) is 6.40. The number of benzene rings is 1. The maximum atomic E-state index is 11.5. The molecule has 0 radical (unpaired) electrons. The third-order valence-electron chi connectivity index (χ3n) is 3.36. The number of hydrogen-bond donors (Lipinski definition) is 1. The van der Waals surface area contributed by atoms with Crippen LogP contribution in [0.2, 0.25) is 0 Å². The molecular weight excluding hydrogens is 262 g/mol. The molecule has 0 saturated heterocycles. The van der Waals surface area contributed by atoms with Crippen molar-refractivity contribution in [2.75, 3.05) is 7.11 Å². The summed E-state index contributed by atoms with van der Waals surface area (Å²) < 4.78 is 5.28. The van der Waals surface area contributed by atoms with Gasteiger partial charge in [0, 0.05) is 14.0 Å². The van der Waals surface area contributed by atoms with Crippen LogP contribution in [0.15, 0.2) is 18.2 Å². The van der Waals surface area contributed by atoms with Gasteiger partial charge in [0.05, 0.1) is 0 Å². The number of aryl methyl sites for hydroxylation is 2. The highest BCUT2D eigenvalue weighted by atomic mass is 35.5. The minimum Gasteiger partial charge on any atom is -0.363 e. The molecule has 1 unspecified atom stereocenters. The largest absolute Gasteiger partial charge is 0.363 e. The summed E-state index contributed by atoms with van der Waals surface area (Å²) in [6.45, 7) is 7.49. The number of alkyl halides is 1. The Labute approximate surface area is 120 Å². The van der Waals surface area contributed by atoms with Crippen LogP contribution in [-0.4, -0.2) is 18.6 Å². The number of hydrogen-bond acceptors (Lipinski definition) is 2. The number of rotatable bonds is 5. The lowest BCUT2D eigenvalue weighted by Crippen LogP contribution is -2.50. The Hall–Kier alpha value is -1.06. The van der Waals surface area contributed by atoms with Crippen LogP contribution in [0.4, 0.5) is 0 Å².